The molecule has 4 rings (SSSR count). The monoisotopic (exact) mass is 533 g/mol. The summed E-state index contributed by atoms with van der Waals surface area (Å²) in [5, 5.41) is 2.89. The fourth-order valence-corrected chi connectivity index (χ4v) is 4.47. The van der Waals surface area contributed by atoms with Crippen LogP contribution in [0.2, 0.25) is 0 Å². The van der Waals surface area contributed by atoms with E-state index < -0.39 is 0 Å². The third-order valence-corrected chi connectivity index (χ3v) is 6.54. The smallest absolute Gasteiger partial charge is 0.254 e. The van der Waals surface area contributed by atoms with Gasteiger partial charge in [0, 0.05) is 59.2 Å². The Hall–Kier alpha value is -3.58. The van der Waals surface area contributed by atoms with E-state index in [1.165, 1.54) is 6.08 Å². The number of piperazine rings is 1. The summed E-state index contributed by atoms with van der Waals surface area (Å²) >= 11 is 3.44. The summed E-state index contributed by atoms with van der Waals surface area (Å²) in [6.07, 6.45) is 3.22. The lowest BCUT2D eigenvalue weighted by atomic mass is 10.1. The summed E-state index contributed by atoms with van der Waals surface area (Å²) in [5.74, 6) is 0.569. The minimum absolute atomic E-state index is 0.0920. The van der Waals surface area contributed by atoms with Crippen LogP contribution in [-0.2, 0) is 4.79 Å². The number of ether oxygens (including phenoxy) is 1. The Morgan fingerprint density at radius 1 is 0.971 bits per heavy atom. The lowest BCUT2D eigenvalue weighted by Crippen LogP contribution is -2.48. The fraction of sp³-hybridized carbons (Fsp3) is 0.214. The van der Waals surface area contributed by atoms with Crippen LogP contribution >= 0.6 is 15.9 Å². The lowest BCUT2D eigenvalue weighted by molar-refractivity contribution is -0.111. The van der Waals surface area contributed by atoms with Gasteiger partial charge in [0.2, 0.25) is 5.91 Å². The molecule has 2 amide bonds. The number of rotatable bonds is 6. The van der Waals surface area contributed by atoms with E-state index in [0.29, 0.717) is 18.8 Å². The summed E-state index contributed by atoms with van der Waals surface area (Å²) in [5.41, 5.74) is 4.38. The average molecular weight is 534 g/mol. The van der Waals surface area contributed by atoms with E-state index in [2.05, 4.69) is 26.1 Å². The first kappa shape index (κ1) is 24.5. The van der Waals surface area contributed by atoms with Crippen LogP contribution in [0.25, 0.3) is 6.08 Å². The number of hydrogen-bond acceptors (Lipinski definition) is 4. The normalized spacial score (nSPS) is 13.7. The van der Waals surface area contributed by atoms with Crippen LogP contribution in [0.4, 0.5) is 11.4 Å². The number of carbonyl (C=O) groups excluding carboxylic acids is 2. The standard InChI is InChI=1S/C28H28BrN3O3/c1-20-5-3-4-6-25(20)28(34)32-17-15-31(16-18-32)24-11-9-23(10-12-24)30-27(33)14-7-21-19-22(29)8-13-26(21)35-2/h3-14,19H,15-18H2,1-2H3,(H,30,33)/b14-7+. The van der Waals surface area contributed by atoms with Crippen molar-refractivity contribution in [1.82, 2.24) is 4.90 Å². The quantitative estimate of drug-likeness (QED) is 0.432. The maximum atomic E-state index is 12.9. The maximum Gasteiger partial charge on any atom is 0.254 e. The summed E-state index contributed by atoms with van der Waals surface area (Å²) in [6.45, 7) is 4.85. The Morgan fingerprint density at radius 3 is 2.37 bits per heavy atom. The van der Waals surface area contributed by atoms with Crippen molar-refractivity contribution in [3.05, 3.63) is 94.0 Å². The van der Waals surface area contributed by atoms with Crippen LogP contribution in [-0.4, -0.2) is 50.0 Å². The van der Waals surface area contributed by atoms with E-state index in [9.17, 15) is 9.59 Å². The summed E-state index contributed by atoms with van der Waals surface area (Å²) < 4.78 is 6.25. The van der Waals surface area contributed by atoms with Gasteiger partial charge in [-0.3, -0.25) is 9.59 Å². The number of methoxy groups -OCH3 is 1. The van der Waals surface area contributed by atoms with Crippen LogP contribution in [0.3, 0.4) is 0 Å². The van der Waals surface area contributed by atoms with Gasteiger partial charge in [-0.25, -0.2) is 0 Å². The van der Waals surface area contributed by atoms with E-state index >= 15 is 0 Å². The number of nitrogens with zero attached hydrogens (tertiary/aromatic N) is 2. The summed E-state index contributed by atoms with van der Waals surface area (Å²) in [7, 11) is 1.60. The minimum Gasteiger partial charge on any atom is -0.496 e. The molecule has 0 aliphatic carbocycles. The molecule has 1 saturated heterocycles. The van der Waals surface area contributed by atoms with E-state index in [-0.39, 0.29) is 11.8 Å². The van der Waals surface area contributed by atoms with E-state index in [1.807, 2.05) is 78.6 Å². The molecule has 3 aromatic rings. The summed E-state index contributed by atoms with van der Waals surface area (Å²) in [4.78, 5) is 29.4. The van der Waals surface area contributed by atoms with Crippen LogP contribution in [0, 0.1) is 6.92 Å². The Labute approximate surface area is 214 Å². The highest BCUT2D eigenvalue weighted by atomic mass is 79.9. The Morgan fingerprint density at radius 2 is 1.69 bits per heavy atom. The van der Waals surface area contributed by atoms with Crippen LogP contribution in [0.1, 0.15) is 21.5 Å². The lowest BCUT2D eigenvalue weighted by Gasteiger charge is -2.36. The Balaban J connectivity index is 1.32. The zero-order valence-corrected chi connectivity index (χ0v) is 21.4. The van der Waals surface area contributed by atoms with Crippen LogP contribution < -0.4 is 15.0 Å². The number of benzene rings is 3. The number of amides is 2. The van der Waals surface area contributed by atoms with Gasteiger partial charge in [0.05, 0.1) is 7.11 Å². The molecule has 1 fully saturated rings. The first-order chi connectivity index (χ1) is 16.9. The second-order valence-electron chi connectivity index (χ2n) is 8.35. The molecule has 0 unspecified atom stereocenters. The van der Waals surface area contributed by atoms with Crippen molar-refractivity contribution in [2.45, 2.75) is 6.92 Å². The average Bonchev–Trinajstić information content (AvgIpc) is 2.88. The first-order valence-electron chi connectivity index (χ1n) is 11.5. The van der Waals surface area contributed by atoms with Gasteiger partial charge in [0.15, 0.2) is 0 Å². The van der Waals surface area contributed by atoms with Gasteiger partial charge in [0.1, 0.15) is 5.75 Å². The fourth-order valence-electron chi connectivity index (χ4n) is 4.09. The molecule has 1 heterocycles. The number of hydrogen-bond donors (Lipinski definition) is 1. The molecule has 0 bridgehead atoms. The van der Waals surface area contributed by atoms with Crippen LogP contribution in [0.5, 0.6) is 5.75 Å². The molecule has 1 aliphatic heterocycles. The number of anilines is 2. The Bertz CT molecular complexity index is 1230. The first-order valence-corrected chi connectivity index (χ1v) is 12.3. The van der Waals surface area contributed by atoms with Crippen LogP contribution in [0.15, 0.2) is 77.3 Å². The topological polar surface area (TPSA) is 61.9 Å². The number of halogens is 1. The largest absolute Gasteiger partial charge is 0.496 e. The van der Waals surface area contributed by atoms with E-state index in [4.69, 9.17) is 4.74 Å². The predicted molar refractivity (Wildman–Crippen MR) is 144 cm³/mol. The zero-order valence-electron chi connectivity index (χ0n) is 19.8. The van der Waals surface area contributed by atoms with E-state index in [1.54, 1.807) is 13.2 Å². The molecular formula is C28H28BrN3O3. The summed E-state index contributed by atoms with van der Waals surface area (Å²) in [6, 6.07) is 21.1. The molecule has 0 radical (unpaired) electrons. The molecule has 0 saturated carbocycles. The van der Waals surface area contributed by atoms with Crippen molar-refractivity contribution >= 4 is 45.2 Å². The molecule has 180 valence electrons. The minimum atomic E-state index is -0.219. The highest BCUT2D eigenvalue weighted by molar-refractivity contribution is 9.10. The van der Waals surface area contributed by atoms with Crippen molar-refractivity contribution in [3.8, 4) is 5.75 Å². The number of carbonyl (C=O) groups is 2. The third kappa shape index (κ3) is 6.11. The second-order valence-corrected chi connectivity index (χ2v) is 9.27. The Kier molecular flexibility index (Phi) is 7.87. The van der Waals surface area contributed by atoms with Gasteiger partial charge in [0.25, 0.3) is 5.91 Å². The van der Waals surface area contributed by atoms with Gasteiger partial charge in [-0.05, 0) is 67.1 Å². The molecule has 6 nitrogen and oxygen atoms in total. The molecule has 1 N–H and O–H groups in total. The van der Waals surface area contributed by atoms with Gasteiger partial charge in [-0.2, -0.15) is 0 Å². The van der Waals surface area contributed by atoms with Gasteiger partial charge >= 0.3 is 0 Å². The third-order valence-electron chi connectivity index (χ3n) is 6.05. The van der Waals surface area contributed by atoms with E-state index in [0.717, 1.165) is 45.6 Å². The van der Waals surface area contributed by atoms with Crippen molar-refractivity contribution in [3.63, 3.8) is 0 Å². The highest BCUT2D eigenvalue weighted by Gasteiger charge is 2.23. The van der Waals surface area contributed by atoms with Crippen molar-refractivity contribution < 1.29 is 14.3 Å². The SMILES string of the molecule is COc1ccc(Br)cc1/C=C/C(=O)Nc1ccc(N2CCN(C(=O)c3ccccc3C)CC2)cc1. The van der Waals surface area contributed by atoms with Crippen molar-refractivity contribution in [2.24, 2.45) is 0 Å². The maximum absolute atomic E-state index is 12.9. The second kappa shape index (κ2) is 11.2. The number of nitrogens with one attached hydrogen (secondary N) is 1. The van der Waals surface area contributed by atoms with Gasteiger partial charge < -0.3 is 19.9 Å². The molecule has 35 heavy (non-hydrogen) atoms. The molecule has 3 aromatic carbocycles. The highest BCUT2D eigenvalue weighted by Crippen LogP contribution is 2.24. The predicted octanol–water partition coefficient (Wildman–Crippen LogP) is 5.38. The van der Waals surface area contributed by atoms with Gasteiger partial charge in [-0.1, -0.05) is 34.1 Å². The van der Waals surface area contributed by atoms with Crippen molar-refractivity contribution in [2.75, 3.05) is 43.5 Å². The van der Waals surface area contributed by atoms with Gasteiger partial charge in [-0.15, -0.1) is 0 Å². The zero-order chi connectivity index (χ0) is 24.8. The molecule has 1 aliphatic rings. The molecule has 0 spiro atoms. The molecule has 0 aromatic heterocycles. The molecular weight excluding hydrogens is 506 g/mol. The molecule has 7 heteroatoms. The number of aryl methyl sites for hydroxylation is 1. The van der Waals surface area contributed by atoms with Crippen molar-refractivity contribution in [1.29, 1.82) is 0 Å². The molecule has 0 atom stereocenters.